The molecule has 0 bridgehead atoms. The van der Waals surface area contributed by atoms with Crippen molar-refractivity contribution in [1.29, 1.82) is 0 Å². The maximum atomic E-state index is 12.3. The highest BCUT2D eigenvalue weighted by molar-refractivity contribution is 6.46. The molecule has 2 amide bonds. The van der Waals surface area contributed by atoms with E-state index in [0.717, 1.165) is 11.3 Å². The number of aryl methyl sites for hydroxylation is 1. The molecule has 0 fully saturated rings. The summed E-state index contributed by atoms with van der Waals surface area (Å²) in [4.78, 5) is 24.3. The minimum atomic E-state index is -1.17. The Labute approximate surface area is 155 Å². The number of hydrogen-bond acceptors (Lipinski definition) is 3. The van der Waals surface area contributed by atoms with E-state index in [1.807, 2.05) is 18.5 Å². The fourth-order valence-corrected chi connectivity index (χ4v) is 3.83. The predicted molar refractivity (Wildman–Crippen MR) is 98.4 cm³/mol. The number of aromatic nitrogens is 1. The average Bonchev–Trinajstić information content (AvgIpc) is 2.75. The van der Waals surface area contributed by atoms with Crippen molar-refractivity contribution in [2.45, 2.75) is 32.3 Å². The molecule has 1 aliphatic rings. The first-order valence-corrected chi connectivity index (χ1v) is 8.75. The smallest absolute Gasteiger partial charge is 0.252 e. The normalized spacial score (nSPS) is 18.5. The van der Waals surface area contributed by atoms with Crippen LogP contribution in [0.4, 0.5) is 5.69 Å². The van der Waals surface area contributed by atoms with Gasteiger partial charge in [0.2, 0.25) is 5.91 Å². The van der Waals surface area contributed by atoms with Gasteiger partial charge in [0, 0.05) is 31.1 Å². The molecule has 0 spiro atoms. The van der Waals surface area contributed by atoms with E-state index < -0.39 is 17.9 Å². The van der Waals surface area contributed by atoms with Gasteiger partial charge in [0.25, 0.3) is 5.91 Å². The number of hydrogen-bond donors (Lipinski definition) is 3. The molecule has 8 heteroatoms. The highest BCUT2D eigenvalue weighted by Crippen LogP contribution is 2.43. The number of aliphatic hydroxyl groups is 1. The molecule has 2 atom stereocenters. The molecule has 3 N–H and O–H groups in total. The Kier molecular flexibility index (Phi) is 4.70. The Morgan fingerprint density at radius 3 is 2.80 bits per heavy atom. The summed E-state index contributed by atoms with van der Waals surface area (Å²) in [6.45, 7) is 3.73. The summed E-state index contributed by atoms with van der Waals surface area (Å²) < 4.78 is 1.92. The lowest BCUT2D eigenvalue weighted by Gasteiger charge is -2.14. The van der Waals surface area contributed by atoms with E-state index in [0.29, 0.717) is 39.6 Å². The number of amides is 2. The number of benzene rings is 1. The molecule has 134 valence electrons. The van der Waals surface area contributed by atoms with Gasteiger partial charge < -0.3 is 20.3 Å². The van der Waals surface area contributed by atoms with Crippen molar-refractivity contribution in [1.82, 2.24) is 9.88 Å². The van der Waals surface area contributed by atoms with Crippen LogP contribution < -0.4 is 10.6 Å². The first kappa shape index (κ1) is 18.0. The number of fused-ring (bicyclic) bond motifs is 3. The lowest BCUT2D eigenvalue weighted by molar-refractivity contribution is -0.123. The lowest BCUT2D eigenvalue weighted by Crippen LogP contribution is -2.27. The van der Waals surface area contributed by atoms with Crippen molar-refractivity contribution in [3.63, 3.8) is 0 Å². The standard InChI is InChI=1S/C17H19Cl2N3O3/c1-7-12-11(4-5-20-16(7)24)22(3)15-13(12)10(6-9(18)14(15)19)21-17(25)8(2)23/h6-8,23H,4-5H2,1-3H3,(H,20,24)(H,21,25). The second-order valence-corrected chi connectivity index (χ2v) is 7.08. The Hall–Kier alpha value is -1.76. The average molecular weight is 384 g/mol. The van der Waals surface area contributed by atoms with Crippen LogP contribution in [0.1, 0.15) is 31.0 Å². The Balaban J connectivity index is 2.36. The summed E-state index contributed by atoms with van der Waals surface area (Å²) in [6, 6.07) is 1.56. The van der Waals surface area contributed by atoms with Gasteiger partial charge in [-0.15, -0.1) is 0 Å². The molecule has 2 aromatic rings. The molecule has 0 saturated heterocycles. The van der Waals surface area contributed by atoms with Crippen LogP contribution in [0.2, 0.25) is 10.0 Å². The van der Waals surface area contributed by atoms with E-state index in [4.69, 9.17) is 23.2 Å². The number of carbonyl (C=O) groups excluding carboxylic acids is 2. The molecule has 2 heterocycles. The van der Waals surface area contributed by atoms with Crippen molar-refractivity contribution in [3.05, 3.63) is 27.4 Å². The van der Waals surface area contributed by atoms with Crippen LogP contribution in [0.15, 0.2) is 6.07 Å². The summed E-state index contributed by atoms with van der Waals surface area (Å²) in [6.07, 6.45) is -0.526. The zero-order valence-corrected chi connectivity index (χ0v) is 15.6. The topological polar surface area (TPSA) is 83.4 Å². The molecule has 2 unspecified atom stereocenters. The number of carbonyl (C=O) groups is 2. The maximum absolute atomic E-state index is 12.3. The quantitative estimate of drug-likeness (QED) is 0.744. The van der Waals surface area contributed by atoms with E-state index in [9.17, 15) is 14.7 Å². The van der Waals surface area contributed by atoms with Crippen LogP contribution in [0.5, 0.6) is 0 Å². The number of rotatable bonds is 2. The predicted octanol–water partition coefficient (Wildman–Crippen LogP) is 2.58. The van der Waals surface area contributed by atoms with Crippen LogP contribution in [0.3, 0.4) is 0 Å². The highest BCUT2D eigenvalue weighted by Gasteiger charge is 2.30. The lowest BCUT2D eigenvalue weighted by atomic mass is 9.96. The number of nitrogens with one attached hydrogen (secondary N) is 2. The maximum Gasteiger partial charge on any atom is 0.252 e. The molecule has 1 aromatic carbocycles. The van der Waals surface area contributed by atoms with Crippen molar-refractivity contribution in [3.8, 4) is 0 Å². The van der Waals surface area contributed by atoms with Gasteiger partial charge in [0.1, 0.15) is 6.10 Å². The van der Waals surface area contributed by atoms with E-state index in [2.05, 4.69) is 10.6 Å². The monoisotopic (exact) mass is 383 g/mol. The summed E-state index contributed by atoms with van der Waals surface area (Å²) in [5.74, 6) is -1.03. The third kappa shape index (κ3) is 2.88. The van der Waals surface area contributed by atoms with Gasteiger partial charge in [-0.05, 0) is 25.5 Å². The first-order chi connectivity index (χ1) is 11.7. The molecular weight excluding hydrogens is 365 g/mol. The molecule has 0 aliphatic carbocycles. The summed E-state index contributed by atoms with van der Waals surface area (Å²) in [7, 11) is 1.87. The van der Waals surface area contributed by atoms with Gasteiger partial charge in [-0.3, -0.25) is 9.59 Å². The third-order valence-corrected chi connectivity index (χ3v) is 5.42. The first-order valence-electron chi connectivity index (χ1n) is 7.99. The van der Waals surface area contributed by atoms with Crippen LogP contribution in [-0.2, 0) is 23.1 Å². The van der Waals surface area contributed by atoms with E-state index in [1.165, 1.54) is 6.92 Å². The van der Waals surface area contributed by atoms with Crippen LogP contribution in [0.25, 0.3) is 10.9 Å². The largest absolute Gasteiger partial charge is 0.384 e. The van der Waals surface area contributed by atoms with Crippen molar-refractivity contribution in [2.75, 3.05) is 11.9 Å². The zero-order valence-electron chi connectivity index (χ0n) is 14.1. The van der Waals surface area contributed by atoms with Crippen molar-refractivity contribution < 1.29 is 14.7 Å². The molecular formula is C17H19Cl2N3O3. The van der Waals surface area contributed by atoms with Crippen molar-refractivity contribution >= 4 is 51.6 Å². The number of nitrogens with zero attached hydrogens (tertiary/aromatic N) is 1. The fraction of sp³-hybridized carbons (Fsp3) is 0.412. The molecule has 3 rings (SSSR count). The Morgan fingerprint density at radius 1 is 1.48 bits per heavy atom. The van der Waals surface area contributed by atoms with E-state index in [-0.39, 0.29) is 5.91 Å². The zero-order chi connectivity index (χ0) is 18.5. The second kappa shape index (κ2) is 6.52. The molecule has 1 aliphatic heterocycles. The van der Waals surface area contributed by atoms with Crippen LogP contribution >= 0.6 is 23.2 Å². The Morgan fingerprint density at radius 2 is 2.16 bits per heavy atom. The van der Waals surface area contributed by atoms with Gasteiger partial charge >= 0.3 is 0 Å². The van der Waals surface area contributed by atoms with E-state index in [1.54, 1.807) is 6.07 Å². The molecule has 6 nitrogen and oxygen atoms in total. The SMILES string of the molecule is CC(O)C(=O)Nc1cc(Cl)c(Cl)c2c1c1c(n2C)CCNC(=O)C1C. The summed E-state index contributed by atoms with van der Waals surface area (Å²) in [5.41, 5.74) is 2.90. The minimum Gasteiger partial charge on any atom is -0.384 e. The van der Waals surface area contributed by atoms with Crippen LogP contribution in [0, 0.1) is 0 Å². The molecule has 25 heavy (non-hydrogen) atoms. The number of aliphatic hydroxyl groups excluding tert-OH is 1. The summed E-state index contributed by atoms with van der Waals surface area (Å²) >= 11 is 12.7. The summed E-state index contributed by atoms with van der Waals surface area (Å²) in [5, 5.41) is 16.5. The van der Waals surface area contributed by atoms with Gasteiger partial charge in [-0.2, -0.15) is 0 Å². The molecule has 1 aromatic heterocycles. The minimum absolute atomic E-state index is 0.0786. The molecule has 0 saturated carbocycles. The molecule has 0 radical (unpaired) electrons. The third-order valence-electron chi connectivity index (χ3n) is 4.64. The van der Waals surface area contributed by atoms with Crippen molar-refractivity contribution in [2.24, 2.45) is 7.05 Å². The highest BCUT2D eigenvalue weighted by atomic mass is 35.5. The number of anilines is 1. The van der Waals surface area contributed by atoms with E-state index >= 15 is 0 Å². The second-order valence-electron chi connectivity index (χ2n) is 6.29. The van der Waals surface area contributed by atoms with Crippen LogP contribution in [-0.4, -0.2) is 34.1 Å². The van der Waals surface area contributed by atoms with Gasteiger partial charge in [0.15, 0.2) is 0 Å². The number of halogens is 2. The Bertz CT molecular complexity index is 889. The fourth-order valence-electron chi connectivity index (χ4n) is 3.35. The van der Waals surface area contributed by atoms with Gasteiger partial charge in [-0.25, -0.2) is 0 Å². The van der Waals surface area contributed by atoms with Gasteiger partial charge in [-0.1, -0.05) is 23.2 Å². The van der Waals surface area contributed by atoms with Gasteiger partial charge in [0.05, 0.1) is 27.2 Å².